The third kappa shape index (κ3) is 2.02. The van der Waals surface area contributed by atoms with E-state index in [1.807, 2.05) is 12.1 Å². The van der Waals surface area contributed by atoms with Crippen LogP contribution in [0.5, 0.6) is 0 Å². The molecule has 0 unspecified atom stereocenters. The Balaban J connectivity index is 2.17. The lowest BCUT2D eigenvalue weighted by Crippen LogP contribution is -1.93. The van der Waals surface area contributed by atoms with Crippen LogP contribution in [0, 0.1) is 10.1 Å². The monoisotopic (exact) mass is 274 g/mol. The first kappa shape index (κ1) is 11.6. The number of halogens is 1. The van der Waals surface area contributed by atoms with Gasteiger partial charge in [0.25, 0.3) is 5.69 Å². The standard InChI is InChI=1S/C12H7ClN4O2/c13-10-4-2-1-3-9(10)12-14-11-6-5-8(17(18)19)7-16(11)15-12/h1-7H. The molecule has 0 atom stereocenters. The highest BCUT2D eigenvalue weighted by atomic mass is 35.5. The number of pyridine rings is 1. The molecule has 2 aromatic heterocycles. The fourth-order valence-electron chi connectivity index (χ4n) is 1.74. The number of hydrogen-bond acceptors (Lipinski definition) is 4. The van der Waals surface area contributed by atoms with Crippen molar-refractivity contribution in [3.63, 3.8) is 0 Å². The number of hydrogen-bond donors (Lipinski definition) is 0. The molecule has 3 aromatic rings. The highest BCUT2D eigenvalue weighted by Gasteiger charge is 2.12. The zero-order chi connectivity index (χ0) is 13.4. The van der Waals surface area contributed by atoms with Crippen LogP contribution in [-0.4, -0.2) is 19.5 Å². The van der Waals surface area contributed by atoms with Crippen molar-refractivity contribution < 1.29 is 4.92 Å². The first-order valence-electron chi connectivity index (χ1n) is 5.41. The van der Waals surface area contributed by atoms with E-state index in [-0.39, 0.29) is 5.69 Å². The molecule has 0 amide bonds. The maximum atomic E-state index is 10.7. The lowest BCUT2D eigenvalue weighted by atomic mass is 10.2. The van der Waals surface area contributed by atoms with Gasteiger partial charge in [-0.2, -0.15) is 0 Å². The minimum atomic E-state index is -0.476. The van der Waals surface area contributed by atoms with Gasteiger partial charge in [-0.15, -0.1) is 5.10 Å². The summed E-state index contributed by atoms with van der Waals surface area (Å²) in [6.07, 6.45) is 1.32. The minimum absolute atomic E-state index is 0.0388. The summed E-state index contributed by atoms with van der Waals surface area (Å²) in [5.74, 6) is 0.436. The Morgan fingerprint density at radius 3 is 2.74 bits per heavy atom. The van der Waals surface area contributed by atoms with Crippen LogP contribution < -0.4 is 0 Å². The van der Waals surface area contributed by atoms with Gasteiger partial charge in [0.15, 0.2) is 11.5 Å². The van der Waals surface area contributed by atoms with Gasteiger partial charge in [0.05, 0.1) is 9.95 Å². The van der Waals surface area contributed by atoms with Crippen LogP contribution in [0.2, 0.25) is 5.02 Å². The zero-order valence-corrected chi connectivity index (χ0v) is 10.3. The van der Waals surface area contributed by atoms with Crippen molar-refractivity contribution in [2.45, 2.75) is 0 Å². The second-order valence-electron chi connectivity index (χ2n) is 3.86. The van der Waals surface area contributed by atoms with Crippen LogP contribution in [0.3, 0.4) is 0 Å². The Morgan fingerprint density at radius 2 is 2.00 bits per heavy atom. The second-order valence-corrected chi connectivity index (χ2v) is 4.27. The van der Waals surface area contributed by atoms with Crippen molar-refractivity contribution >= 4 is 22.9 Å². The molecule has 0 saturated carbocycles. The molecule has 1 aromatic carbocycles. The molecule has 2 heterocycles. The number of nitro groups is 1. The normalized spacial score (nSPS) is 10.8. The number of rotatable bonds is 2. The minimum Gasteiger partial charge on any atom is -0.258 e. The first-order valence-corrected chi connectivity index (χ1v) is 5.79. The summed E-state index contributed by atoms with van der Waals surface area (Å²) in [5, 5.41) is 15.4. The van der Waals surface area contributed by atoms with Crippen LogP contribution in [0.4, 0.5) is 5.69 Å². The first-order chi connectivity index (χ1) is 9.15. The molecular weight excluding hydrogens is 268 g/mol. The van der Waals surface area contributed by atoms with E-state index < -0.39 is 4.92 Å². The van der Waals surface area contributed by atoms with E-state index >= 15 is 0 Å². The predicted molar refractivity (Wildman–Crippen MR) is 70.1 cm³/mol. The molecular formula is C12H7ClN4O2. The smallest absolute Gasteiger partial charge is 0.258 e. The van der Waals surface area contributed by atoms with Gasteiger partial charge < -0.3 is 0 Å². The van der Waals surface area contributed by atoms with Crippen molar-refractivity contribution in [2.75, 3.05) is 0 Å². The molecule has 0 radical (unpaired) electrons. The number of aromatic nitrogens is 3. The predicted octanol–water partition coefficient (Wildman–Crippen LogP) is 2.96. The summed E-state index contributed by atoms with van der Waals surface area (Å²) in [6, 6.07) is 10.1. The van der Waals surface area contributed by atoms with Crippen molar-refractivity contribution in [3.05, 3.63) is 57.7 Å². The van der Waals surface area contributed by atoms with Crippen LogP contribution in [-0.2, 0) is 0 Å². The summed E-state index contributed by atoms with van der Waals surface area (Å²) in [5.41, 5.74) is 1.18. The Labute approximate surface area is 112 Å². The van der Waals surface area contributed by atoms with E-state index in [1.54, 1.807) is 18.2 Å². The molecule has 6 nitrogen and oxygen atoms in total. The number of fused-ring (bicyclic) bond motifs is 1. The average Bonchev–Trinajstić information content (AvgIpc) is 2.81. The van der Waals surface area contributed by atoms with Gasteiger partial charge in [0.1, 0.15) is 6.20 Å². The lowest BCUT2D eigenvalue weighted by Gasteiger charge is -1.96. The van der Waals surface area contributed by atoms with Crippen molar-refractivity contribution in [3.8, 4) is 11.4 Å². The second kappa shape index (κ2) is 4.33. The highest BCUT2D eigenvalue weighted by Crippen LogP contribution is 2.25. The van der Waals surface area contributed by atoms with Crippen molar-refractivity contribution in [1.29, 1.82) is 0 Å². The highest BCUT2D eigenvalue weighted by molar-refractivity contribution is 6.33. The van der Waals surface area contributed by atoms with Crippen LogP contribution in [0.15, 0.2) is 42.6 Å². The van der Waals surface area contributed by atoms with E-state index in [0.717, 1.165) is 0 Å². The molecule has 0 aliphatic heterocycles. The quantitative estimate of drug-likeness (QED) is 0.532. The van der Waals surface area contributed by atoms with Crippen LogP contribution in [0.1, 0.15) is 0 Å². The number of nitrogens with zero attached hydrogens (tertiary/aromatic N) is 4. The molecule has 0 spiro atoms. The van der Waals surface area contributed by atoms with Gasteiger partial charge in [-0.1, -0.05) is 23.7 Å². The fraction of sp³-hybridized carbons (Fsp3) is 0. The maximum absolute atomic E-state index is 10.7. The van der Waals surface area contributed by atoms with Gasteiger partial charge in [-0.25, -0.2) is 9.50 Å². The molecule has 3 rings (SSSR count). The van der Waals surface area contributed by atoms with Gasteiger partial charge >= 0.3 is 0 Å². The molecule has 94 valence electrons. The van der Waals surface area contributed by atoms with E-state index in [0.29, 0.717) is 22.1 Å². The summed E-state index contributed by atoms with van der Waals surface area (Å²) in [6.45, 7) is 0. The van der Waals surface area contributed by atoms with E-state index in [9.17, 15) is 10.1 Å². The van der Waals surface area contributed by atoms with E-state index in [4.69, 9.17) is 11.6 Å². The summed E-state index contributed by atoms with van der Waals surface area (Å²) >= 11 is 6.07. The Kier molecular flexibility index (Phi) is 2.64. The SMILES string of the molecule is O=[N+]([O-])c1ccc2nc(-c3ccccc3Cl)nn2c1. The lowest BCUT2D eigenvalue weighted by molar-refractivity contribution is -0.385. The molecule has 0 N–H and O–H groups in total. The summed E-state index contributed by atoms with van der Waals surface area (Å²) in [7, 11) is 0. The maximum Gasteiger partial charge on any atom is 0.287 e. The van der Waals surface area contributed by atoms with Crippen LogP contribution in [0.25, 0.3) is 17.0 Å². The molecule has 0 saturated heterocycles. The van der Waals surface area contributed by atoms with Gasteiger partial charge in [-0.05, 0) is 18.2 Å². The fourth-order valence-corrected chi connectivity index (χ4v) is 1.96. The zero-order valence-electron chi connectivity index (χ0n) is 9.52. The third-order valence-corrected chi connectivity index (χ3v) is 2.97. The van der Waals surface area contributed by atoms with Crippen molar-refractivity contribution in [2.24, 2.45) is 0 Å². The van der Waals surface area contributed by atoms with E-state index in [2.05, 4.69) is 10.1 Å². The molecule has 7 heteroatoms. The molecule has 0 aliphatic rings. The average molecular weight is 275 g/mol. The number of benzene rings is 1. The summed E-state index contributed by atoms with van der Waals surface area (Å²) in [4.78, 5) is 14.5. The Morgan fingerprint density at radius 1 is 1.21 bits per heavy atom. The third-order valence-electron chi connectivity index (χ3n) is 2.64. The van der Waals surface area contributed by atoms with Gasteiger partial charge in [0, 0.05) is 11.6 Å². The molecule has 19 heavy (non-hydrogen) atoms. The topological polar surface area (TPSA) is 73.3 Å². The van der Waals surface area contributed by atoms with E-state index in [1.165, 1.54) is 16.8 Å². The molecule has 0 bridgehead atoms. The Bertz CT molecular complexity index is 784. The largest absolute Gasteiger partial charge is 0.287 e. The Hall–Kier alpha value is -2.47. The van der Waals surface area contributed by atoms with Gasteiger partial charge in [0.2, 0.25) is 0 Å². The van der Waals surface area contributed by atoms with Crippen LogP contribution >= 0.6 is 11.6 Å². The van der Waals surface area contributed by atoms with Gasteiger partial charge in [-0.3, -0.25) is 10.1 Å². The summed E-state index contributed by atoms with van der Waals surface area (Å²) < 4.78 is 1.37. The molecule has 0 aliphatic carbocycles. The molecule has 0 fully saturated rings. The van der Waals surface area contributed by atoms with Crippen molar-refractivity contribution in [1.82, 2.24) is 14.6 Å².